The highest BCUT2D eigenvalue weighted by atomic mass is 16.5. The molecule has 0 fully saturated rings. The molecule has 0 saturated carbocycles. The van der Waals surface area contributed by atoms with Crippen molar-refractivity contribution in [1.82, 2.24) is 10.6 Å². The molecule has 2 N–H and O–H groups in total. The summed E-state index contributed by atoms with van der Waals surface area (Å²) in [4.78, 5) is 36.3. The monoisotopic (exact) mass is 400 g/mol. The Kier molecular flexibility index (Phi) is 8.02. The number of ether oxygens (including phenoxy) is 3. The lowest BCUT2D eigenvalue weighted by Crippen LogP contribution is -2.44. The Morgan fingerprint density at radius 3 is 2.41 bits per heavy atom. The van der Waals surface area contributed by atoms with Crippen molar-refractivity contribution in [2.24, 2.45) is 0 Å². The minimum Gasteiger partial charge on any atom is -0.493 e. The largest absolute Gasteiger partial charge is 0.493 e. The second-order valence-electron chi connectivity index (χ2n) is 6.00. The van der Waals surface area contributed by atoms with Crippen molar-refractivity contribution < 1.29 is 28.6 Å². The van der Waals surface area contributed by atoms with Crippen LogP contribution in [0.5, 0.6) is 11.5 Å². The molecule has 29 heavy (non-hydrogen) atoms. The van der Waals surface area contributed by atoms with Crippen molar-refractivity contribution >= 4 is 17.9 Å². The van der Waals surface area contributed by atoms with E-state index in [1.165, 1.54) is 26.2 Å². The lowest BCUT2D eigenvalue weighted by molar-refractivity contribution is -0.127. The Hall–Kier alpha value is -3.55. The van der Waals surface area contributed by atoms with Gasteiger partial charge in [0.2, 0.25) is 0 Å². The number of methoxy groups -OCH3 is 1. The predicted octanol–water partition coefficient (Wildman–Crippen LogP) is 2.67. The zero-order valence-corrected chi connectivity index (χ0v) is 16.6. The number of nitrogens with one attached hydrogen (secondary N) is 2. The minimum absolute atomic E-state index is 0.197. The van der Waals surface area contributed by atoms with Crippen molar-refractivity contribution in [2.75, 3.05) is 13.7 Å². The van der Waals surface area contributed by atoms with E-state index in [0.29, 0.717) is 18.1 Å². The maximum atomic E-state index is 12.3. The van der Waals surface area contributed by atoms with Crippen molar-refractivity contribution in [3.8, 4) is 11.5 Å². The Morgan fingerprint density at radius 1 is 1.03 bits per heavy atom. The highest BCUT2D eigenvalue weighted by Crippen LogP contribution is 2.28. The van der Waals surface area contributed by atoms with E-state index in [1.54, 1.807) is 13.0 Å². The van der Waals surface area contributed by atoms with Gasteiger partial charge in [-0.1, -0.05) is 30.3 Å². The Morgan fingerprint density at radius 2 is 1.76 bits per heavy atom. The maximum absolute atomic E-state index is 12.3. The first kappa shape index (κ1) is 21.7. The minimum atomic E-state index is -1.16. The van der Waals surface area contributed by atoms with Crippen LogP contribution >= 0.6 is 0 Å². The van der Waals surface area contributed by atoms with Crippen LogP contribution < -0.4 is 20.1 Å². The molecule has 0 aliphatic rings. The Balaban J connectivity index is 1.89. The Labute approximate surface area is 169 Å². The molecule has 0 unspecified atom stereocenters. The summed E-state index contributed by atoms with van der Waals surface area (Å²) in [6.07, 6.45) is -1.16. The zero-order chi connectivity index (χ0) is 21.2. The van der Waals surface area contributed by atoms with Gasteiger partial charge in [0.25, 0.3) is 5.91 Å². The fourth-order valence-electron chi connectivity index (χ4n) is 2.39. The molecule has 3 amide bonds. The van der Waals surface area contributed by atoms with E-state index >= 15 is 0 Å². The second kappa shape index (κ2) is 10.7. The molecule has 0 aromatic heterocycles. The average molecular weight is 400 g/mol. The number of amides is 3. The van der Waals surface area contributed by atoms with Crippen LogP contribution in [0.4, 0.5) is 4.79 Å². The first-order chi connectivity index (χ1) is 13.9. The van der Waals surface area contributed by atoms with E-state index < -0.39 is 24.0 Å². The lowest BCUT2D eigenvalue weighted by atomic mass is 10.2. The number of benzene rings is 2. The molecule has 2 aromatic carbocycles. The van der Waals surface area contributed by atoms with E-state index in [2.05, 4.69) is 10.6 Å². The van der Waals surface area contributed by atoms with Crippen molar-refractivity contribution in [2.45, 2.75) is 26.5 Å². The quantitative estimate of drug-likeness (QED) is 0.661. The number of imide groups is 1. The maximum Gasteiger partial charge on any atom is 0.339 e. The van der Waals surface area contributed by atoms with Crippen LogP contribution in [-0.4, -0.2) is 37.7 Å². The predicted molar refractivity (Wildman–Crippen MR) is 106 cm³/mol. The fraction of sp³-hybridized carbons (Fsp3) is 0.286. The van der Waals surface area contributed by atoms with Gasteiger partial charge < -0.3 is 19.5 Å². The number of carbonyl (C=O) groups is 3. The molecule has 0 aliphatic carbocycles. The molecule has 0 spiro atoms. The number of urea groups is 1. The number of carbonyl (C=O) groups excluding carboxylic acids is 3. The molecule has 2 aromatic rings. The van der Waals surface area contributed by atoms with Crippen LogP contribution in [0.1, 0.15) is 29.8 Å². The van der Waals surface area contributed by atoms with Crippen LogP contribution in [0.15, 0.2) is 48.5 Å². The van der Waals surface area contributed by atoms with Crippen LogP contribution in [0, 0.1) is 0 Å². The number of hydrogen-bond acceptors (Lipinski definition) is 6. The van der Waals surface area contributed by atoms with E-state index in [0.717, 1.165) is 5.56 Å². The third-order valence-corrected chi connectivity index (χ3v) is 3.88. The highest BCUT2D eigenvalue weighted by Gasteiger charge is 2.21. The van der Waals surface area contributed by atoms with Gasteiger partial charge in [-0.15, -0.1) is 0 Å². The van der Waals surface area contributed by atoms with Gasteiger partial charge in [0.05, 0.1) is 19.3 Å². The average Bonchev–Trinajstić information content (AvgIpc) is 2.73. The summed E-state index contributed by atoms with van der Waals surface area (Å²) >= 11 is 0. The highest BCUT2D eigenvalue weighted by molar-refractivity contribution is 5.98. The summed E-state index contributed by atoms with van der Waals surface area (Å²) in [6.45, 7) is 3.84. The molecule has 8 nitrogen and oxygen atoms in total. The van der Waals surface area contributed by atoms with Gasteiger partial charge in [-0.05, 0) is 37.6 Å². The van der Waals surface area contributed by atoms with Crippen LogP contribution in [-0.2, 0) is 16.1 Å². The van der Waals surface area contributed by atoms with Gasteiger partial charge >= 0.3 is 12.0 Å². The molecule has 0 radical (unpaired) electrons. The van der Waals surface area contributed by atoms with E-state index in [1.807, 2.05) is 30.3 Å². The van der Waals surface area contributed by atoms with Gasteiger partial charge in [-0.3, -0.25) is 10.1 Å². The molecule has 2 rings (SSSR count). The standard InChI is InChI=1S/C21H24N2O6/c1-4-28-18-12-16(10-11-17(18)27-3)20(25)29-14(2)19(24)23-21(26)22-13-15-8-6-5-7-9-15/h5-12,14H,4,13H2,1-3H3,(H2,22,23,24,26)/t14-/m1/s1. The fourth-order valence-corrected chi connectivity index (χ4v) is 2.39. The van der Waals surface area contributed by atoms with E-state index in [-0.39, 0.29) is 12.1 Å². The van der Waals surface area contributed by atoms with Gasteiger partial charge in [-0.2, -0.15) is 0 Å². The van der Waals surface area contributed by atoms with E-state index in [4.69, 9.17) is 14.2 Å². The van der Waals surface area contributed by atoms with Crippen LogP contribution in [0.3, 0.4) is 0 Å². The van der Waals surface area contributed by atoms with Crippen molar-refractivity contribution in [3.05, 3.63) is 59.7 Å². The second-order valence-corrected chi connectivity index (χ2v) is 6.00. The number of rotatable bonds is 8. The molecule has 154 valence electrons. The lowest BCUT2D eigenvalue weighted by Gasteiger charge is -2.14. The number of hydrogen-bond donors (Lipinski definition) is 2. The molecule has 8 heteroatoms. The molecule has 0 heterocycles. The first-order valence-corrected chi connectivity index (χ1v) is 9.09. The van der Waals surface area contributed by atoms with Gasteiger partial charge in [-0.25, -0.2) is 9.59 Å². The molecule has 0 aliphatic heterocycles. The summed E-state index contributed by atoms with van der Waals surface area (Å²) < 4.78 is 15.7. The Bertz CT molecular complexity index is 854. The molecular formula is C21H24N2O6. The van der Waals surface area contributed by atoms with Crippen LogP contribution in [0.2, 0.25) is 0 Å². The molecule has 0 saturated heterocycles. The van der Waals surface area contributed by atoms with Gasteiger partial charge in [0.1, 0.15) is 0 Å². The van der Waals surface area contributed by atoms with E-state index in [9.17, 15) is 14.4 Å². The van der Waals surface area contributed by atoms with Crippen molar-refractivity contribution in [1.29, 1.82) is 0 Å². The summed E-state index contributed by atoms with van der Waals surface area (Å²) in [7, 11) is 1.49. The molecule has 1 atom stereocenters. The van der Waals surface area contributed by atoms with Crippen LogP contribution in [0.25, 0.3) is 0 Å². The summed E-state index contributed by atoms with van der Waals surface area (Å²) in [5, 5.41) is 4.71. The zero-order valence-electron chi connectivity index (χ0n) is 16.6. The third kappa shape index (κ3) is 6.53. The molecule has 0 bridgehead atoms. The topological polar surface area (TPSA) is 103 Å². The van der Waals surface area contributed by atoms with Gasteiger partial charge in [0, 0.05) is 6.54 Å². The smallest absolute Gasteiger partial charge is 0.339 e. The summed E-state index contributed by atoms with van der Waals surface area (Å²) in [5.74, 6) is -0.588. The SMILES string of the molecule is CCOc1cc(C(=O)O[C@H](C)C(=O)NC(=O)NCc2ccccc2)ccc1OC. The molecular weight excluding hydrogens is 376 g/mol. The first-order valence-electron chi connectivity index (χ1n) is 9.09. The van der Waals surface area contributed by atoms with Gasteiger partial charge in [0.15, 0.2) is 17.6 Å². The summed E-state index contributed by atoms with van der Waals surface area (Å²) in [6, 6.07) is 13.1. The normalized spacial score (nSPS) is 11.1. The number of esters is 1. The third-order valence-electron chi connectivity index (χ3n) is 3.88. The van der Waals surface area contributed by atoms with Crippen molar-refractivity contribution in [3.63, 3.8) is 0 Å². The summed E-state index contributed by atoms with van der Waals surface area (Å²) in [5.41, 5.74) is 1.08.